The fourth-order valence-corrected chi connectivity index (χ4v) is 4.07. The summed E-state index contributed by atoms with van der Waals surface area (Å²) in [6, 6.07) is 22.4. The second-order valence-corrected chi connectivity index (χ2v) is 8.23. The van der Waals surface area contributed by atoms with Crippen molar-refractivity contribution in [1.29, 1.82) is 0 Å². The first-order valence-electron chi connectivity index (χ1n) is 11.0. The summed E-state index contributed by atoms with van der Waals surface area (Å²) in [5, 5.41) is 5.41. The Morgan fingerprint density at radius 3 is 2.54 bits per heavy atom. The van der Waals surface area contributed by atoms with Crippen molar-refractivity contribution in [2.75, 3.05) is 7.11 Å². The van der Waals surface area contributed by atoms with Gasteiger partial charge in [-0.05, 0) is 48.0 Å². The van der Waals surface area contributed by atoms with E-state index in [4.69, 9.17) is 15.6 Å². The number of nitrogens with two attached hydrogens (primary N) is 1. The minimum Gasteiger partial charge on any atom is -0.496 e. The van der Waals surface area contributed by atoms with Gasteiger partial charge in [-0.25, -0.2) is 4.98 Å². The highest BCUT2D eigenvalue weighted by Gasteiger charge is 2.16. The zero-order valence-corrected chi connectivity index (χ0v) is 19.3. The number of methoxy groups -OCH3 is 1. The normalized spacial score (nSPS) is 11.0. The van der Waals surface area contributed by atoms with E-state index in [1.807, 2.05) is 65.3 Å². The molecule has 2 N–H and O–H groups in total. The van der Waals surface area contributed by atoms with Gasteiger partial charge in [-0.3, -0.25) is 14.3 Å². The number of amides is 1. The number of hydrogen-bond acceptors (Lipinski definition) is 5. The highest BCUT2D eigenvalue weighted by molar-refractivity contribution is 5.92. The first kappa shape index (κ1) is 22.1. The van der Waals surface area contributed by atoms with Crippen LogP contribution in [0.15, 0.2) is 83.9 Å². The van der Waals surface area contributed by atoms with Crippen LogP contribution < -0.4 is 16.0 Å². The largest absolute Gasteiger partial charge is 0.496 e. The molecule has 0 aliphatic rings. The Kier molecular flexibility index (Phi) is 5.62. The third-order valence-corrected chi connectivity index (χ3v) is 5.95. The average Bonchev–Trinajstić information content (AvgIpc) is 3.30. The molecule has 5 aromatic rings. The molecule has 0 atom stereocenters. The van der Waals surface area contributed by atoms with Crippen molar-refractivity contribution in [1.82, 2.24) is 19.3 Å². The summed E-state index contributed by atoms with van der Waals surface area (Å²) < 4.78 is 8.95. The Hall–Kier alpha value is -4.72. The van der Waals surface area contributed by atoms with E-state index in [-0.39, 0.29) is 5.56 Å². The van der Waals surface area contributed by atoms with Crippen LogP contribution in [-0.4, -0.2) is 32.3 Å². The molecule has 0 aliphatic heterocycles. The fourth-order valence-electron chi connectivity index (χ4n) is 4.07. The van der Waals surface area contributed by atoms with Crippen molar-refractivity contribution < 1.29 is 9.53 Å². The van der Waals surface area contributed by atoms with Crippen LogP contribution in [0.5, 0.6) is 5.75 Å². The summed E-state index contributed by atoms with van der Waals surface area (Å²) in [6.45, 7) is 0.462. The van der Waals surface area contributed by atoms with Gasteiger partial charge in [0.1, 0.15) is 5.75 Å². The lowest BCUT2D eigenvalue weighted by Gasteiger charge is -2.11. The minimum atomic E-state index is -0.468. The molecule has 0 fully saturated rings. The standard InChI is InChI=1S/C27H23N5O3/c1-31-16-29-22-12-11-19(13-21(22)27(31)34)23-14-24(20-5-3-4-6-25(20)35-2)32(30-23)15-17-7-9-18(10-8-17)26(28)33/h3-14,16H,15H2,1-2H3,(H2,28,33). The predicted molar refractivity (Wildman–Crippen MR) is 134 cm³/mol. The number of carbonyl (C=O) groups is 1. The van der Waals surface area contributed by atoms with E-state index in [0.29, 0.717) is 28.7 Å². The quantitative estimate of drug-likeness (QED) is 0.412. The number of ether oxygens (including phenoxy) is 1. The molecule has 0 saturated carbocycles. The molecule has 0 aliphatic carbocycles. The van der Waals surface area contributed by atoms with Crippen molar-refractivity contribution in [3.63, 3.8) is 0 Å². The van der Waals surface area contributed by atoms with Crippen LogP contribution >= 0.6 is 0 Å². The van der Waals surface area contributed by atoms with Crippen molar-refractivity contribution in [3.05, 3.63) is 101 Å². The van der Waals surface area contributed by atoms with E-state index in [2.05, 4.69) is 4.98 Å². The molecule has 8 heteroatoms. The molecule has 0 spiro atoms. The van der Waals surface area contributed by atoms with Gasteiger partial charge in [0.25, 0.3) is 5.56 Å². The van der Waals surface area contributed by atoms with Gasteiger partial charge >= 0.3 is 0 Å². The second-order valence-electron chi connectivity index (χ2n) is 8.23. The van der Waals surface area contributed by atoms with Gasteiger partial charge in [0.05, 0.1) is 42.3 Å². The number of benzene rings is 3. The lowest BCUT2D eigenvalue weighted by atomic mass is 10.1. The predicted octanol–water partition coefficient (Wildman–Crippen LogP) is 3.62. The van der Waals surface area contributed by atoms with E-state index < -0.39 is 5.91 Å². The van der Waals surface area contributed by atoms with E-state index >= 15 is 0 Å². The number of rotatable bonds is 6. The first-order chi connectivity index (χ1) is 16.9. The maximum absolute atomic E-state index is 12.7. The van der Waals surface area contributed by atoms with Crippen LogP contribution in [0.2, 0.25) is 0 Å². The van der Waals surface area contributed by atoms with Crippen molar-refractivity contribution >= 4 is 16.8 Å². The monoisotopic (exact) mass is 465 g/mol. The number of aromatic nitrogens is 4. The van der Waals surface area contributed by atoms with Crippen molar-refractivity contribution in [2.24, 2.45) is 12.8 Å². The summed E-state index contributed by atoms with van der Waals surface area (Å²) >= 11 is 0. The smallest absolute Gasteiger partial charge is 0.260 e. The third-order valence-electron chi connectivity index (χ3n) is 5.95. The SMILES string of the molecule is COc1ccccc1-c1cc(-c2ccc3ncn(C)c(=O)c3c2)nn1Cc1ccc(C(N)=O)cc1. The van der Waals surface area contributed by atoms with Crippen LogP contribution in [0.3, 0.4) is 0 Å². The number of hydrogen-bond donors (Lipinski definition) is 1. The van der Waals surface area contributed by atoms with Gasteiger partial charge < -0.3 is 15.0 Å². The van der Waals surface area contributed by atoms with Crippen molar-refractivity contribution in [2.45, 2.75) is 6.54 Å². The van der Waals surface area contributed by atoms with Crippen LogP contribution in [0.1, 0.15) is 15.9 Å². The molecular weight excluding hydrogens is 442 g/mol. The van der Waals surface area contributed by atoms with Gasteiger partial charge in [0, 0.05) is 23.7 Å². The molecule has 3 aromatic carbocycles. The lowest BCUT2D eigenvalue weighted by molar-refractivity contribution is 0.100. The molecular formula is C27H23N5O3. The van der Waals surface area contributed by atoms with Crippen LogP contribution in [-0.2, 0) is 13.6 Å². The first-order valence-corrected chi connectivity index (χ1v) is 11.0. The molecule has 8 nitrogen and oxygen atoms in total. The summed E-state index contributed by atoms with van der Waals surface area (Å²) in [7, 11) is 3.31. The fraction of sp³-hybridized carbons (Fsp3) is 0.111. The second kappa shape index (κ2) is 8.90. The molecule has 0 unspecified atom stereocenters. The number of fused-ring (bicyclic) bond motifs is 1. The number of nitrogens with zero attached hydrogens (tertiary/aromatic N) is 4. The molecule has 2 heterocycles. The minimum absolute atomic E-state index is 0.115. The highest BCUT2D eigenvalue weighted by Crippen LogP contribution is 2.33. The molecule has 0 bridgehead atoms. The average molecular weight is 466 g/mol. The Labute approximate surface area is 201 Å². The molecule has 0 saturated heterocycles. The molecule has 35 heavy (non-hydrogen) atoms. The van der Waals surface area contributed by atoms with Crippen molar-refractivity contribution in [3.8, 4) is 28.3 Å². The van der Waals surface area contributed by atoms with Gasteiger partial charge in [-0.2, -0.15) is 5.10 Å². The Balaban J connectivity index is 1.64. The Morgan fingerprint density at radius 2 is 1.80 bits per heavy atom. The van der Waals surface area contributed by atoms with Gasteiger partial charge in [-0.15, -0.1) is 0 Å². The van der Waals surface area contributed by atoms with Gasteiger partial charge in [-0.1, -0.05) is 30.3 Å². The van der Waals surface area contributed by atoms with Gasteiger partial charge in [0.2, 0.25) is 5.91 Å². The Morgan fingerprint density at radius 1 is 1.03 bits per heavy atom. The highest BCUT2D eigenvalue weighted by atomic mass is 16.5. The Bertz CT molecular complexity index is 1620. The number of aryl methyl sites for hydroxylation is 1. The number of primary amides is 1. The maximum atomic E-state index is 12.7. The van der Waals surface area contributed by atoms with E-state index in [1.54, 1.807) is 26.3 Å². The summed E-state index contributed by atoms with van der Waals surface area (Å²) in [4.78, 5) is 28.4. The topological polar surface area (TPSA) is 105 Å². The number of para-hydroxylation sites is 1. The van der Waals surface area contributed by atoms with E-state index in [1.165, 1.54) is 10.9 Å². The molecule has 0 radical (unpaired) electrons. The summed E-state index contributed by atoms with van der Waals surface area (Å²) in [5.74, 6) is 0.255. The lowest BCUT2D eigenvalue weighted by Crippen LogP contribution is -2.16. The van der Waals surface area contributed by atoms with E-state index in [9.17, 15) is 9.59 Å². The zero-order valence-electron chi connectivity index (χ0n) is 19.3. The van der Waals surface area contributed by atoms with Crippen LogP contribution in [0.4, 0.5) is 0 Å². The third kappa shape index (κ3) is 4.17. The van der Waals surface area contributed by atoms with Crippen LogP contribution in [0, 0.1) is 0 Å². The van der Waals surface area contributed by atoms with Crippen LogP contribution in [0.25, 0.3) is 33.4 Å². The molecule has 5 rings (SSSR count). The molecule has 2 aromatic heterocycles. The summed E-state index contributed by atoms with van der Waals surface area (Å²) in [5.41, 5.74) is 10.6. The van der Waals surface area contributed by atoms with Gasteiger partial charge in [0.15, 0.2) is 0 Å². The molecule has 1 amide bonds. The zero-order chi connectivity index (χ0) is 24.5. The van der Waals surface area contributed by atoms with E-state index in [0.717, 1.165) is 28.1 Å². The summed E-state index contributed by atoms with van der Waals surface area (Å²) in [6.07, 6.45) is 1.52. The maximum Gasteiger partial charge on any atom is 0.260 e. The number of carbonyl (C=O) groups excluding carboxylic acids is 1. The molecule has 174 valence electrons.